The largest absolute Gasteiger partial charge is 0.396 e. The molecule has 2 aliphatic rings. The summed E-state index contributed by atoms with van der Waals surface area (Å²) in [6.07, 6.45) is 6.16. The summed E-state index contributed by atoms with van der Waals surface area (Å²) in [4.78, 5) is 12.5. The zero-order valence-corrected chi connectivity index (χ0v) is 11.4. The standard InChI is InChI=1S/C14H26N2O2/c1-2-4-14(5-3-8-15-10-14)12(18)16-9-13(11-17)6-7-13/h15,17H,2-11H2,1H3,(H,16,18). The van der Waals surface area contributed by atoms with Crippen LogP contribution in [-0.4, -0.2) is 37.3 Å². The van der Waals surface area contributed by atoms with E-state index in [0.717, 1.165) is 51.6 Å². The smallest absolute Gasteiger partial charge is 0.227 e. The minimum absolute atomic E-state index is 0.00512. The van der Waals surface area contributed by atoms with E-state index in [4.69, 9.17) is 0 Å². The van der Waals surface area contributed by atoms with Crippen molar-refractivity contribution in [2.24, 2.45) is 10.8 Å². The fraction of sp³-hybridized carbons (Fsp3) is 0.929. The van der Waals surface area contributed by atoms with Gasteiger partial charge in [0.2, 0.25) is 5.91 Å². The second kappa shape index (κ2) is 5.57. The van der Waals surface area contributed by atoms with Gasteiger partial charge < -0.3 is 15.7 Å². The molecule has 3 N–H and O–H groups in total. The van der Waals surface area contributed by atoms with Crippen LogP contribution in [0.3, 0.4) is 0 Å². The van der Waals surface area contributed by atoms with Crippen molar-refractivity contribution in [3.63, 3.8) is 0 Å². The van der Waals surface area contributed by atoms with E-state index in [1.54, 1.807) is 0 Å². The molecule has 1 saturated carbocycles. The fourth-order valence-corrected chi connectivity index (χ4v) is 2.99. The molecule has 1 saturated heterocycles. The molecule has 1 aliphatic heterocycles. The van der Waals surface area contributed by atoms with Crippen molar-refractivity contribution in [2.45, 2.75) is 45.4 Å². The summed E-state index contributed by atoms with van der Waals surface area (Å²) in [6.45, 7) is 4.82. The number of aliphatic hydroxyl groups is 1. The molecule has 0 aromatic heterocycles. The van der Waals surface area contributed by atoms with Gasteiger partial charge in [0.1, 0.15) is 0 Å². The average molecular weight is 254 g/mol. The highest BCUT2D eigenvalue weighted by Gasteiger charge is 2.44. The first-order chi connectivity index (χ1) is 8.66. The number of hydrogen-bond acceptors (Lipinski definition) is 3. The van der Waals surface area contributed by atoms with Crippen LogP contribution in [0.5, 0.6) is 0 Å². The number of nitrogens with one attached hydrogen (secondary N) is 2. The molecule has 4 nitrogen and oxygen atoms in total. The molecule has 1 amide bonds. The molecule has 0 aromatic carbocycles. The van der Waals surface area contributed by atoms with Crippen molar-refractivity contribution < 1.29 is 9.90 Å². The van der Waals surface area contributed by atoms with Gasteiger partial charge in [0.05, 0.1) is 12.0 Å². The first-order valence-electron chi connectivity index (χ1n) is 7.26. The highest BCUT2D eigenvalue weighted by molar-refractivity contribution is 5.83. The number of carbonyl (C=O) groups is 1. The van der Waals surface area contributed by atoms with Gasteiger partial charge in [-0.1, -0.05) is 13.3 Å². The molecule has 1 heterocycles. The van der Waals surface area contributed by atoms with Crippen molar-refractivity contribution in [1.82, 2.24) is 10.6 Å². The number of carbonyl (C=O) groups excluding carboxylic acids is 1. The summed E-state index contributed by atoms with van der Waals surface area (Å²) in [5.41, 5.74) is -0.205. The van der Waals surface area contributed by atoms with E-state index in [0.29, 0.717) is 6.54 Å². The highest BCUT2D eigenvalue weighted by atomic mass is 16.3. The van der Waals surface area contributed by atoms with Gasteiger partial charge in [0, 0.05) is 18.5 Å². The topological polar surface area (TPSA) is 61.4 Å². The Morgan fingerprint density at radius 2 is 2.17 bits per heavy atom. The summed E-state index contributed by atoms with van der Waals surface area (Å²) in [5.74, 6) is 0.191. The molecule has 18 heavy (non-hydrogen) atoms. The first-order valence-corrected chi connectivity index (χ1v) is 7.26. The molecule has 4 heteroatoms. The molecule has 0 aromatic rings. The maximum atomic E-state index is 12.5. The van der Waals surface area contributed by atoms with E-state index in [-0.39, 0.29) is 23.3 Å². The summed E-state index contributed by atoms with van der Waals surface area (Å²) in [7, 11) is 0. The van der Waals surface area contributed by atoms with Gasteiger partial charge in [-0.05, 0) is 38.6 Å². The van der Waals surface area contributed by atoms with E-state index in [2.05, 4.69) is 17.6 Å². The maximum absolute atomic E-state index is 12.5. The molecular formula is C14H26N2O2. The van der Waals surface area contributed by atoms with E-state index < -0.39 is 0 Å². The third-order valence-corrected chi connectivity index (χ3v) is 4.60. The third-order valence-electron chi connectivity index (χ3n) is 4.60. The Labute approximate surface area is 110 Å². The second-order valence-electron chi connectivity index (χ2n) is 6.15. The van der Waals surface area contributed by atoms with Crippen molar-refractivity contribution >= 4 is 5.91 Å². The molecule has 1 aliphatic carbocycles. The zero-order chi connectivity index (χ0) is 13.1. The molecular weight excluding hydrogens is 228 g/mol. The normalized spacial score (nSPS) is 29.9. The van der Waals surface area contributed by atoms with Gasteiger partial charge in [0.25, 0.3) is 0 Å². The highest BCUT2D eigenvalue weighted by Crippen LogP contribution is 2.44. The molecule has 1 atom stereocenters. The summed E-state index contributed by atoms with van der Waals surface area (Å²) < 4.78 is 0. The Morgan fingerprint density at radius 1 is 1.39 bits per heavy atom. The lowest BCUT2D eigenvalue weighted by Crippen LogP contribution is -2.51. The monoisotopic (exact) mass is 254 g/mol. The lowest BCUT2D eigenvalue weighted by Gasteiger charge is -2.36. The fourth-order valence-electron chi connectivity index (χ4n) is 2.99. The number of aliphatic hydroxyl groups excluding tert-OH is 1. The van der Waals surface area contributed by atoms with Crippen molar-refractivity contribution in [1.29, 1.82) is 0 Å². The van der Waals surface area contributed by atoms with E-state index in [1.165, 1.54) is 0 Å². The van der Waals surface area contributed by atoms with Crippen LogP contribution >= 0.6 is 0 Å². The first kappa shape index (κ1) is 13.8. The van der Waals surface area contributed by atoms with Crippen LogP contribution in [0.2, 0.25) is 0 Å². The van der Waals surface area contributed by atoms with Gasteiger partial charge in [-0.15, -0.1) is 0 Å². The average Bonchev–Trinajstić information content (AvgIpc) is 3.18. The van der Waals surface area contributed by atoms with Crippen LogP contribution in [0, 0.1) is 10.8 Å². The lowest BCUT2D eigenvalue weighted by atomic mass is 9.76. The van der Waals surface area contributed by atoms with E-state index in [9.17, 15) is 9.90 Å². The molecule has 1 unspecified atom stereocenters. The maximum Gasteiger partial charge on any atom is 0.227 e. The Balaban J connectivity index is 1.91. The van der Waals surface area contributed by atoms with Gasteiger partial charge in [-0.3, -0.25) is 4.79 Å². The lowest BCUT2D eigenvalue weighted by molar-refractivity contribution is -0.133. The van der Waals surface area contributed by atoms with Crippen LogP contribution in [0.25, 0.3) is 0 Å². The van der Waals surface area contributed by atoms with Crippen LogP contribution in [0.4, 0.5) is 0 Å². The summed E-state index contributed by atoms with van der Waals surface area (Å²) >= 11 is 0. The Kier molecular flexibility index (Phi) is 4.28. The second-order valence-corrected chi connectivity index (χ2v) is 6.15. The molecule has 0 radical (unpaired) electrons. The minimum Gasteiger partial charge on any atom is -0.396 e. The van der Waals surface area contributed by atoms with Gasteiger partial charge in [-0.25, -0.2) is 0 Å². The number of hydrogen-bond donors (Lipinski definition) is 3. The van der Waals surface area contributed by atoms with E-state index in [1.807, 2.05) is 0 Å². The molecule has 2 rings (SSSR count). The Morgan fingerprint density at radius 3 is 2.67 bits per heavy atom. The third kappa shape index (κ3) is 2.86. The SMILES string of the molecule is CCCC1(C(=O)NCC2(CO)CC2)CCCNC1. The van der Waals surface area contributed by atoms with E-state index >= 15 is 0 Å². The quantitative estimate of drug-likeness (QED) is 0.664. The Bertz CT molecular complexity index is 289. The van der Waals surface area contributed by atoms with Gasteiger partial charge >= 0.3 is 0 Å². The van der Waals surface area contributed by atoms with Crippen molar-refractivity contribution in [3.8, 4) is 0 Å². The van der Waals surface area contributed by atoms with Crippen molar-refractivity contribution in [3.05, 3.63) is 0 Å². The minimum atomic E-state index is -0.210. The molecule has 0 spiro atoms. The van der Waals surface area contributed by atoms with Crippen LogP contribution in [0.15, 0.2) is 0 Å². The zero-order valence-electron chi connectivity index (χ0n) is 11.4. The summed E-state index contributed by atoms with van der Waals surface area (Å²) in [5, 5.41) is 15.7. The molecule has 104 valence electrons. The van der Waals surface area contributed by atoms with Gasteiger partial charge in [-0.2, -0.15) is 0 Å². The number of rotatable bonds is 6. The van der Waals surface area contributed by atoms with Crippen LogP contribution < -0.4 is 10.6 Å². The van der Waals surface area contributed by atoms with Gasteiger partial charge in [0.15, 0.2) is 0 Å². The number of piperidine rings is 1. The molecule has 0 bridgehead atoms. The van der Waals surface area contributed by atoms with Crippen LogP contribution in [-0.2, 0) is 4.79 Å². The number of amides is 1. The predicted octanol–water partition coefficient (Wildman–Crippen LogP) is 1.04. The van der Waals surface area contributed by atoms with Crippen LogP contribution in [0.1, 0.15) is 45.4 Å². The Hall–Kier alpha value is -0.610. The van der Waals surface area contributed by atoms with Crippen molar-refractivity contribution in [2.75, 3.05) is 26.2 Å². The summed E-state index contributed by atoms with van der Waals surface area (Å²) in [6, 6.07) is 0. The molecule has 2 fully saturated rings. The predicted molar refractivity (Wildman–Crippen MR) is 71.2 cm³/mol.